The third-order valence-electron chi connectivity index (χ3n) is 4.41. The highest BCUT2D eigenvalue weighted by Crippen LogP contribution is 2.21. The molecule has 0 saturated heterocycles. The molecule has 0 aliphatic heterocycles. The van der Waals surface area contributed by atoms with E-state index in [1.807, 2.05) is 18.2 Å². The topological polar surface area (TPSA) is 69.4 Å². The number of aliphatic imine (C=N–C) groups is 1. The van der Waals surface area contributed by atoms with E-state index in [1.54, 1.807) is 26.3 Å². The fourth-order valence-electron chi connectivity index (χ4n) is 2.67. The van der Waals surface area contributed by atoms with Crippen LogP contribution in [0.4, 0.5) is 4.39 Å². The van der Waals surface area contributed by atoms with Gasteiger partial charge in [-0.1, -0.05) is 25.1 Å². The third-order valence-corrected chi connectivity index (χ3v) is 4.41. The Morgan fingerprint density at radius 2 is 1.96 bits per heavy atom. The van der Waals surface area contributed by atoms with Crippen molar-refractivity contribution in [3.63, 3.8) is 0 Å². The molecule has 2 rings (SSSR count). The van der Waals surface area contributed by atoms with Crippen molar-refractivity contribution < 1.29 is 9.13 Å². The molecule has 1 unspecified atom stereocenters. The van der Waals surface area contributed by atoms with Crippen molar-refractivity contribution in [3.05, 3.63) is 65.0 Å². The smallest absolute Gasteiger partial charge is 0.191 e. The lowest BCUT2D eigenvalue weighted by Gasteiger charge is -2.16. The van der Waals surface area contributed by atoms with Crippen LogP contribution in [0, 0.1) is 17.1 Å². The Labute approximate surface area is 159 Å². The normalized spacial score (nSPS) is 12.2. The molecule has 0 radical (unpaired) electrons. The quantitative estimate of drug-likeness (QED) is 0.579. The van der Waals surface area contributed by atoms with Gasteiger partial charge in [0.1, 0.15) is 11.6 Å². The summed E-state index contributed by atoms with van der Waals surface area (Å²) < 4.78 is 19.1. The number of hydrogen-bond donors (Lipinski definition) is 2. The monoisotopic (exact) mass is 368 g/mol. The molecule has 27 heavy (non-hydrogen) atoms. The van der Waals surface area contributed by atoms with Crippen molar-refractivity contribution in [1.82, 2.24) is 10.6 Å². The van der Waals surface area contributed by atoms with Gasteiger partial charge in [-0.05, 0) is 42.2 Å². The van der Waals surface area contributed by atoms with Crippen LogP contribution in [0.5, 0.6) is 5.75 Å². The Morgan fingerprint density at radius 1 is 1.22 bits per heavy atom. The molecule has 0 bridgehead atoms. The van der Waals surface area contributed by atoms with Crippen LogP contribution in [-0.4, -0.2) is 26.7 Å². The molecule has 0 amide bonds. The zero-order valence-electron chi connectivity index (χ0n) is 15.9. The molecule has 0 aliphatic carbocycles. The molecule has 0 aliphatic rings. The first-order chi connectivity index (χ1) is 13.1. The third kappa shape index (κ3) is 6.00. The van der Waals surface area contributed by atoms with Crippen LogP contribution in [0.2, 0.25) is 0 Å². The Morgan fingerprint density at radius 3 is 2.56 bits per heavy atom. The minimum atomic E-state index is -0.398. The van der Waals surface area contributed by atoms with Crippen LogP contribution >= 0.6 is 0 Å². The van der Waals surface area contributed by atoms with Crippen molar-refractivity contribution in [2.24, 2.45) is 4.99 Å². The fourth-order valence-corrected chi connectivity index (χ4v) is 2.67. The van der Waals surface area contributed by atoms with E-state index in [9.17, 15) is 4.39 Å². The number of halogens is 1. The van der Waals surface area contributed by atoms with Crippen molar-refractivity contribution in [1.29, 1.82) is 5.26 Å². The fraction of sp³-hybridized carbons (Fsp3) is 0.333. The summed E-state index contributed by atoms with van der Waals surface area (Å²) in [4.78, 5) is 4.16. The van der Waals surface area contributed by atoms with Crippen molar-refractivity contribution >= 4 is 5.96 Å². The van der Waals surface area contributed by atoms with Crippen molar-refractivity contribution in [2.75, 3.05) is 20.7 Å². The van der Waals surface area contributed by atoms with Crippen LogP contribution in [0.15, 0.2) is 47.5 Å². The molecule has 5 nitrogen and oxygen atoms in total. The summed E-state index contributed by atoms with van der Waals surface area (Å²) in [5, 5.41) is 15.1. The second-order valence-electron chi connectivity index (χ2n) is 6.23. The molecular weight excluding hydrogens is 343 g/mol. The average molecular weight is 368 g/mol. The van der Waals surface area contributed by atoms with Crippen molar-refractivity contribution in [2.45, 2.75) is 25.8 Å². The van der Waals surface area contributed by atoms with Gasteiger partial charge in [-0.3, -0.25) is 4.99 Å². The van der Waals surface area contributed by atoms with E-state index >= 15 is 0 Å². The first-order valence-electron chi connectivity index (χ1n) is 8.84. The lowest BCUT2D eigenvalue weighted by atomic mass is 9.98. The summed E-state index contributed by atoms with van der Waals surface area (Å²) in [5.41, 5.74) is 2.05. The SMILES string of the molecule is CN=C(NCCC(C)c1ccc(OC)cc1)NCc1ccc(C#N)cc1F. The molecule has 1 atom stereocenters. The van der Waals surface area contributed by atoms with Gasteiger partial charge in [0.25, 0.3) is 0 Å². The molecule has 0 heterocycles. The minimum absolute atomic E-state index is 0.297. The predicted molar refractivity (Wildman–Crippen MR) is 105 cm³/mol. The standard InChI is InChI=1S/C21H25FN4O/c1-15(17-6-8-19(27-3)9-7-17)10-11-25-21(24-2)26-14-18-5-4-16(13-23)12-20(18)22/h4-9,12,15H,10-11,14H2,1-3H3,(H2,24,25,26). The first kappa shape index (κ1) is 20.2. The van der Waals surface area contributed by atoms with E-state index in [1.165, 1.54) is 11.6 Å². The molecule has 0 spiro atoms. The Kier molecular flexibility index (Phi) is 7.63. The maximum Gasteiger partial charge on any atom is 0.191 e. The maximum absolute atomic E-state index is 13.9. The van der Waals surface area contributed by atoms with Crippen LogP contribution in [0.3, 0.4) is 0 Å². The van der Waals surface area contributed by atoms with Crippen molar-refractivity contribution in [3.8, 4) is 11.8 Å². The van der Waals surface area contributed by atoms with E-state index in [4.69, 9.17) is 10.00 Å². The van der Waals surface area contributed by atoms with Gasteiger partial charge in [-0.15, -0.1) is 0 Å². The van der Waals surface area contributed by atoms with Gasteiger partial charge in [0, 0.05) is 25.7 Å². The molecular formula is C21H25FN4O. The number of nitrogens with one attached hydrogen (secondary N) is 2. The number of ether oxygens (including phenoxy) is 1. The molecule has 0 fully saturated rings. The molecule has 2 aromatic rings. The summed E-state index contributed by atoms with van der Waals surface area (Å²) in [6.07, 6.45) is 0.929. The zero-order chi connectivity index (χ0) is 19.6. The van der Waals surface area contributed by atoms with Gasteiger partial charge in [0.2, 0.25) is 0 Å². The lowest BCUT2D eigenvalue weighted by Crippen LogP contribution is -2.37. The van der Waals surface area contributed by atoms with E-state index in [2.05, 4.69) is 34.7 Å². The largest absolute Gasteiger partial charge is 0.497 e. The van der Waals surface area contributed by atoms with Gasteiger partial charge in [-0.2, -0.15) is 5.26 Å². The maximum atomic E-state index is 13.9. The summed E-state index contributed by atoms with van der Waals surface area (Å²) in [5.74, 6) is 1.45. The Bertz CT molecular complexity index is 812. The van der Waals surface area contributed by atoms with E-state index < -0.39 is 5.82 Å². The number of nitrogens with zero attached hydrogens (tertiary/aromatic N) is 2. The average Bonchev–Trinajstić information content (AvgIpc) is 2.71. The predicted octanol–water partition coefficient (Wildman–Crippen LogP) is 3.56. The van der Waals surface area contributed by atoms with Crippen LogP contribution in [0.25, 0.3) is 0 Å². The number of methoxy groups -OCH3 is 1. The molecule has 2 aromatic carbocycles. The van der Waals surface area contributed by atoms with E-state index in [-0.39, 0.29) is 0 Å². The molecule has 2 N–H and O–H groups in total. The molecule has 142 valence electrons. The number of benzene rings is 2. The number of rotatable bonds is 7. The van der Waals surface area contributed by atoms with E-state index in [0.29, 0.717) is 29.5 Å². The Hall–Kier alpha value is -3.07. The molecule has 0 aromatic heterocycles. The highest BCUT2D eigenvalue weighted by Gasteiger charge is 2.08. The number of hydrogen-bond acceptors (Lipinski definition) is 3. The van der Waals surface area contributed by atoms with Crippen LogP contribution < -0.4 is 15.4 Å². The highest BCUT2D eigenvalue weighted by atomic mass is 19.1. The molecule has 0 saturated carbocycles. The second kappa shape index (κ2) is 10.2. The summed E-state index contributed by atoms with van der Waals surface area (Å²) in [6, 6.07) is 14.5. The van der Waals surface area contributed by atoms with Crippen LogP contribution in [-0.2, 0) is 6.54 Å². The Balaban J connectivity index is 1.80. The van der Waals surface area contributed by atoms with Gasteiger partial charge >= 0.3 is 0 Å². The second-order valence-corrected chi connectivity index (χ2v) is 6.23. The summed E-state index contributed by atoms with van der Waals surface area (Å²) >= 11 is 0. The lowest BCUT2D eigenvalue weighted by molar-refractivity contribution is 0.414. The van der Waals surface area contributed by atoms with Crippen LogP contribution in [0.1, 0.15) is 36.0 Å². The summed E-state index contributed by atoms with van der Waals surface area (Å²) in [6.45, 7) is 3.21. The minimum Gasteiger partial charge on any atom is -0.497 e. The first-order valence-corrected chi connectivity index (χ1v) is 8.84. The van der Waals surface area contributed by atoms with Gasteiger partial charge in [0.05, 0.1) is 18.7 Å². The van der Waals surface area contributed by atoms with Gasteiger partial charge < -0.3 is 15.4 Å². The summed E-state index contributed by atoms with van der Waals surface area (Å²) in [7, 11) is 3.34. The van der Waals surface area contributed by atoms with Gasteiger partial charge in [0.15, 0.2) is 5.96 Å². The molecule has 6 heteroatoms. The number of guanidine groups is 1. The van der Waals surface area contributed by atoms with Gasteiger partial charge in [-0.25, -0.2) is 4.39 Å². The highest BCUT2D eigenvalue weighted by molar-refractivity contribution is 5.79. The number of nitriles is 1. The van der Waals surface area contributed by atoms with E-state index in [0.717, 1.165) is 18.7 Å². The zero-order valence-corrected chi connectivity index (χ0v) is 15.9.